The number of nitrogens with zero attached hydrogens (tertiary/aromatic N) is 2. The predicted octanol–water partition coefficient (Wildman–Crippen LogP) is 1.61. The highest BCUT2D eigenvalue weighted by Gasteiger charge is 2.43. The van der Waals surface area contributed by atoms with Crippen LogP contribution in [0.1, 0.15) is 30.0 Å². The maximum Gasteiger partial charge on any atom is 0.327 e. The Hall–Kier alpha value is -1.50. The van der Waals surface area contributed by atoms with Crippen LogP contribution in [0, 0.1) is 12.8 Å². The predicted molar refractivity (Wildman–Crippen MR) is 69.9 cm³/mol. The van der Waals surface area contributed by atoms with E-state index in [0.29, 0.717) is 17.1 Å². The molecule has 2 heterocycles. The number of aliphatic carboxylic acids is 1. The van der Waals surface area contributed by atoms with Crippen molar-refractivity contribution in [2.24, 2.45) is 5.92 Å². The van der Waals surface area contributed by atoms with Gasteiger partial charge in [-0.05, 0) is 12.8 Å². The van der Waals surface area contributed by atoms with Gasteiger partial charge >= 0.3 is 5.97 Å². The molecule has 0 aromatic carbocycles. The number of carbonyl (C=O) groups is 2. The second-order valence-corrected chi connectivity index (χ2v) is 5.98. The molecule has 0 radical (unpaired) electrons. The lowest BCUT2D eigenvalue weighted by Crippen LogP contribution is -2.47. The van der Waals surface area contributed by atoms with Crippen LogP contribution >= 0.6 is 11.8 Å². The zero-order chi connectivity index (χ0) is 14.2. The number of rotatable bonds is 3. The zero-order valence-corrected chi connectivity index (χ0v) is 11.8. The molecular formula is C12H16N2O4S. The third-order valence-electron chi connectivity index (χ3n) is 3.11. The SMILES string of the molecule is Cc1oncc1C(=O)N1C(C(=O)O)CSC1C(C)C. The van der Waals surface area contributed by atoms with Crippen molar-refractivity contribution in [1.29, 1.82) is 0 Å². The van der Waals surface area contributed by atoms with Crippen molar-refractivity contribution < 1.29 is 19.2 Å². The van der Waals surface area contributed by atoms with Crippen LogP contribution in [0.4, 0.5) is 0 Å². The Kier molecular flexibility index (Phi) is 3.84. The van der Waals surface area contributed by atoms with Crippen LogP contribution in [0.25, 0.3) is 0 Å². The summed E-state index contributed by atoms with van der Waals surface area (Å²) in [5, 5.41) is 12.7. The van der Waals surface area contributed by atoms with Crippen molar-refractivity contribution in [2.75, 3.05) is 5.75 Å². The largest absolute Gasteiger partial charge is 0.480 e. The monoisotopic (exact) mass is 284 g/mol. The average Bonchev–Trinajstić information content (AvgIpc) is 2.93. The Bertz CT molecular complexity index is 500. The summed E-state index contributed by atoms with van der Waals surface area (Å²) in [6.45, 7) is 5.59. The Morgan fingerprint density at radius 1 is 1.58 bits per heavy atom. The first kappa shape index (κ1) is 13.9. The van der Waals surface area contributed by atoms with Gasteiger partial charge in [-0.2, -0.15) is 0 Å². The van der Waals surface area contributed by atoms with E-state index < -0.39 is 12.0 Å². The standard InChI is InChI=1S/C12H16N2O4S/c1-6(2)11-14(9(5-19-11)12(16)17)10(15)8-4-13-18-7(8)3/h4,6,9,11H,5H2,1-3H3,(H,16,17). The molecule has 1 aliphatic heterocycles. The van der Waals surface area contributed by atoms with E-state index in [9.17, 15) is 14.7 Å². The lowest BCUT2D eigenvalue weighted by Gasteiger charge is -2.29. The molecule has 0 aliphatic carbocycles. The summed E-state index contributed by atoms with van der Waals surface area (Å²) in [7, 11) is 0. The van der Waals surface area contributed by atoms with Gasteiger partial charge in [0.2, 0.25) is 0 Å². The third-order valence-corrected chi connectivity index (χ3v) is 4.73. The molecule has 1 aromatic heterocycles. The van der Waals surface area contributed by atoms with Crippen molar-refractivity contribution in [2.45, 2.75) is 32.2 Å². The Morgan fingerprint density at radius 2 is 2.26 bits per heavy atom. The van der Waals surface area contributed by atoms with Crippen LogP contribution in [0.3, 0.4) is 0 Å². The fraction of sp³-hybridized carbons (Fsp3) is 0.583. The molecule has 2 unspecified atom stereocenters. The van der Waals surface area contributed by atoms with Crippen LogP contribution in [-0.2, 0) is 4.79 Å². The number of carboxylic acid groups (broad SMARTS) is 1. The van der Waals surface area contributed by atoms with Gasteiger partial charge in [0, 0.05) is 5.75 Å². The quantitative estimate of drug-likeness (QED) is 0.907. The first-order valence-corrected chi connectivity index (χ1v) is 7.06. The van der Waals surface area contributed by atoms with Gasteiger partial charge in [0.05, 0.1) is 11.6 Å². The summed E-state index contributed by atoms with van der Waals surface area (Å²) in [6, 6.07) is -0.792. The molecule has 0 saturated carbocycles. The molecule has 1 fully saturated rings. The summed E-state index contributed by atoms with van der Waals surface area (Å²) in [4.78, 5) is 25.2. The molecular weight excluding hydrogens is 268 g/mol. The van der Waals surface area contributed by atoms with Gasteiger partial charge < -0.3 is 14.5 Å². The highest BCUT2D eigenvalue weighted by molar-refractivity contribution is 8.00. The van der Waals surface area contributed by atoms with E-state index in [2.05, 4.69) is 5.16 Å². The zero-order valence-electron chi connectivity index (χ0n) is 11.0. The van der Waals surface area contributed by atoms with Crippen LogP contribution in [0.5, 0.6) is 0 Å². The van der Waals surface area contributed by atoms with E-state index in [4.69, 9.17) is 4.52 Å². The van der Waals surface area contributed by atoms with E-state index in [0.717, 1.165) is 0 Å². The van der Waals surface area contributed by atoms with Gasteiger partial charge in [-0.25, -0.2) is 4.79 Å². The average molecular weight is 284 g/mol. The van der Waals surface area contributed by atoms with Crippen molar-refractivity contribution >= 4 is 23.6 Å². The van der Waals surface area contributed by atoms with Crippen molar-refractivity contribution in [3.63, 3.8) is 0 Å². The second-order valence-electron chi connectivity index (χ2n) is 4.83. The minimum atomic E-state index is -0.974. The smallest absolute Gasteiger partial charge is 0.327 e. The van der Waals surface area contributed by atoms with Gasteiger partial charge in [0.15, 0.2) is 0 Å². The summed E-state index contributed by atoms with van der Waals surface area (Å²) in [6.07, 6.45) is 1.34. The minimum absolute atomic E-state index is 0.136. The number of carboxylic acids is 1. The number of thioether (sulfide) groups is 1. The number of amides is 1. The molecule has 2 rings (SSSR count). The van der Waals surface area contributed by atoms with Gasteiger partial charge in [-0.15, -0.1) is 11.8 Å². The maximum atomic E-state index is 12.5. The fourth-order valence-electron chi connectivity index (χ4n) is 2.13. The van der Waals surface area contributed by atoms with Crippen LogP contribution in [0.2, 0.25) is 0 Å². The molecule has 1 amide bonds. The Balaban J connectivity index is 2.34. The molecule has 7 heteroatoms. The molecule has 0 spiro atoms. The van der Waals surface area contributed by atoms with Gasteiger partial charge in [-0.3, -0.25) is 4.79 Å². The van der Waals surface area contributed by atoms with E-state index in [1.165, 1.54) is 22.9 Å². The number of aryl methyl sites for hydroxylation is 1. The molecule has 1 aromatic rings. The van der Waals surface area contributed by atoms with Crippen LogP contribution in [-0.4, -0.2) is 44.2 Å². The Labute approximate surface area is 115 Å². The van der Waals surface area contributed by atoms with E-state index >= 15 is 0 Å². The van der Waals surface area contributed by atoms with Crippen molar-refractivity contribution in [1.82, 2.24) is 10.1 Å². The number of hydrogen-bond acceptors (Lipinski definition) is 5. The lowest BCUT2D eigenvalue weighted by molar-refractivity contribution is -0.141. The highest BCUT2D eigenvalue weighted by Crippen LogP contribution is 2.35. The fourth-order valence-corrected chi connectivity index (χ4v) is 3.60. The van der Waals surface area contributed by atoms with E-state index in [-0.39, 0.29) is 17.2 Å². The van der Waals surface area contributed by atoms with Gasteiger partial charge in [0.1, 0.15) is 17.4 Å². The van der Waals surface area contributed by atoms with Gasteiger partial charge in [0.25, 0.3) is 5.91 Å². The molecule has 2 atom stereocenters. The topological polar surface area (TPSA) is 83.6 Å². The Morgan fingerprint density at radius 3 is 2.74 bits per heavy atom. The van der Waals surface area contributed by atoms with Crippen LogP contribution in [0.15, 0.2) is 10.7 Å². The van der Waals surface area contributed by atoms with Gasteiger partial charge in [-0.1, -0.05) is 19.0 Å². The summed E-state index contributed by atoms with van der Waals surface area (Å²) < 4.78 is 4.88. The first-order chi connectivity index (χ1) is 8.93. The molecule has 1 saturated heterocycles. The normalized spacial score (nSPS) is 23.1. The summed E-state index contributed by atoms with van der Waals surface area (Å²) in [5.74, 6) is -0.297. The van der Waals surface area contributed by atoms with E-state index in [1.54, 1.807) is 6.92 Å². The van der Waals surface area contributed by atoms with E-state index in [1.807, 2.05) is 13.8 Å². The number of carbonyl (C=O) groups excluding carboxylic acids is 1. The number of aromatic nitrogens is 1. The minimum Gasteiger partial charge on any atom is -0.480 e. The lowest BCUT2D eigenvalue weighted by atomic mass is 10.1. The third kappa shape index (κ3) is 2.47. The second kappa shape index (κ2) is 5.24. The molecule has 1 N–H and O–H groups in total. The highest BCUT2D eigenvalue weighted by atomic mass is 32.2. The molecule has 1 aliphatic rings. The number of hydrogen-bond donors (Lipinski definition) is 1. The maximum absolute atomic E-state index is 12.5. The summed E-state index contributed by atoms with van der Waals surface area (Å²) in [5.41, 5.74) is 0.333. The molecule has 6 nitrogen and oxygen atoms in total. The first-order valence-electron chi connectivity index (χ1n) is 6.01. The summed E-state index contributed by atoms with van der Waals surface area (Å²) >= 11 is 1.50. The molecule has 104 valence electrons. The molecule has 0 bridgehead atoms. The van der Waals surface area contributed by atoms with Crippen molar-refractivity contribution in [3.05, 3.63) is 17.5 Å². The van der Waals surface area contributed by atoms with Crippen LogP contribution < -0.4 is 0 Å². The molecule has 19 heavy (non-hydrogen) atoms. The van der Waals surface area contributed by atoms with Crippen molar-refractivity contribution in [3.8, 4) is 0 Å².